The molecule has 3 rings (SSSR count). The summed E-state index contributed by atoms with van der Waals surface area (Å²) in [4.78, 5) is 29.8. The summed E-state index contributed by atoms with van der Waals surface area (Å²) in [5, 5.41) is 3.18. The Balaban J connectivity index is 1.86. The van der Waals surface area contributed by atoms with Gasteiger partial charge in [-0.05, 0) is 44.4 Å². The molecule has 0 atom stereocenters. The van der Waals surface area contributed by atoms with Crippen molar-refractivity contribution in [2.24, 2.45) is 0 Å². The molecule has 0 radical (unpaired) electrons. The van der Waals surface area contributed by atoms with E-state index in [1.54, 1.807) is 26.0 Å². The number of benzene rings is 1. The fraction of sp³-hybridized carbons (Fsp3) is 0.421. The number of amides is 1. The van der Waals surface area contributed by atoms with Crippen LogP contribution in [0.2, 0.25) is 0 Å². The van der Waals surface area contributed by atoms with Crippen LogP contribution >= 0.6 is 11.3 Å². The molecule has 0 aliphatic carbocycles. The molecule has 0 spiro atoms. The first-order valence-corrected chi connectivity index (χ1v) is 9.57. The lowest BCUT2D eigenvalue weighted by atomic mass is 9.73. The summed E-state index contributed by atoms with van der Waals surface area (Å²) in [6.07, 6.45) is 0.971. The minimum atomic E-state index is -0.824. The smallest absolute Gasteiger partial charge is 0.350 e. The summed E-state index contributed by atoms with van der Waals surface area (Å²) in [6, 6.07) is 5.98. The molecular formula is C19H21FN2O4S. The van der Waals surface area contributed by atoms with Crippen molar-refractivity contribution in [3.8, 4) is 0 Å². The predicted molar refractivity (Wildman–Crippen MR) is 99.6 cm³/mol. The van der Waals surface area contributed by atoms with E-state index >= 15 is 0 Å². The van der Waals surface area contributed by atoms with Crippen LogP contribution in [-0.4, -0.2) is 36.7 Å². The van der Waals surface area contributed by atoms with E-state index in [1.807, 2.05) is 0 Å². The van der Waals surface area contributed by atoms with Crippen LogP contribution in [0.3, 0.4) is 0 Å². The highest BCUT2D eigenvalue weighted by atomic mass is 32.1. The Morgan fingerprint density at radius 1 is 1.30 bits per heavy atom. The van der Waals surface area contributed by atoms with Gasteiger partial charge >= 0.3 is 5.97 Å². The van der Waals surface area contributed by atoms with Gasteiger partial charge in [0, 0.05) is 13.2 Å². The summed E-state index contributed by atoms with van der Waals surface area (Å²) in [7, 11) is 0. The Kier molecular flexibility index (Phi) is 5.86. The summed E-state index contributed by atoms with van der Waals surface area (Å²) in [6.45, 7) is 4.58. The monoisotopic (exact) mass is 392 g/mol. The second-order valence-corrected chi connectivity index (χ2v) is 7.31. The number of nitrogens with one attached hydrogen (secondary N) is 1. The van der Waals surface area contributed by atoms with Crippen molar-refractivity contribution in [3.05, 3.63) is 46.2 Å². The Hall–Kier alpha value is -2.32. The first-order chi connectivity index (χ1) is 13.0. The maximum absolute atomic E-state index is 13.3. The van der Waals surface area contributed by atoms with Gasteiger partial charge in [-0.25, -0.2) is 14.2 Å². The molecule has 6 nitrogen and oxygen atoms in total. The molecule has 1 amide bonds. The van der Waals surface area contributed by atoms with Crippen LogP contribution in [0.5, 0.6) is 0 Å². The molecule has 1 aromatic heterocycles. The number of hydrogen-bond donors (Lipinski definition) is 1. The molecule has 1 aliphatic heterocycles. The fourth-order valence-electron chi connectivity index (χ4n) is 3.19. The van der Waals surface area contributed by atoms with Crippen molar-refractivity contribution < 1.29 is 23.5 Å². The Morgan fingerprint density at radius 3 is 2.59 bits per heavy atom. The van der Waals surface area contributed by atoms with E-state index in [1.165, 1.54) is 12.1 Å². The van der Waals surface area contributed by atoms with Gasteiger partial charge in [0.1, 0.15) is 10.7 Å². The number of rotatable bonds is 5. The number of nitrogens with zero attached hydrogens (tertiary/aromatic N) is 1. The zero-order valence-electron chi connectivity index (χ0n) is 15.2. The van der Waals surface area contributed by atoms with Gasteiger partial charge in [0.05, 0.1) is 17.7 Å². The molecule has 0 unspecified atom stereocenters. The third-order valence-electron chi connectivity index (χ3n) is 4.66. The second kappa shape index (κ2) is 8.14. The SMILES string of the molecule is CCOC(=O)c1sc(NC(=O)C2(c3ccc(F)cc3)CCOCC2)nc1C. The van der Waals surface area contributed by atoms with E-state index in [0.717, 1.165) is 16.9 Å². The Morgan fingerprint density at radius 2 is 1.96 bits per heavy atom. The maximum Gasteiger partial charge on any atom is 0.350 e. The molecule has 0 saturated carbocycles. The van der Waals surface area contributed by atoms with E-state index in [9.17, 15) is 14.0 Å². The van der Waals surface area contributed by atoms with Crippen molar-refractivity contribution in [2.75, 3.05) is 25.1 Å². The average molecular weight is 392 g/mol. The van der Waals surface area contributed by atoms with E-state index < -0.39 is 11.4 Å². The number of carbonyl (C=O) groups is 2. The van der Waals surface area contributed by atoms with Crippen molar-refractivity contribution in [3.63, 3.8) is 0 Å². The van der Waals surface area contributed by atoms with Crippen molar-refractivity contribution in [1.29, 1.82) is 0 Å². The van der Waals surface area contributed by atoms with Gasteiger partial charge in [-0.1, -0.05) is 23.5 Å². The first kappa shape index (κ1) is 19.4. The molecule has 1 saturated heterocycles. The average Bonchev–Trinajstić information content (AvgIpc) is 3.03. The third kappa shape index (κ3) is 4.01. The number of halogens is 1. The molecule has 1 fully saturated rings. The first-order valence-electron chi connectivity index (χ1n) is 8.76. The Bertz CT molecular complexity index is 829. The van der Waals surface area contributed by atoms with Crippen LogP contribution in [0.15, 0.2) is 24.3 Å². The molecule has 2 heterocycles. The van der Waals surface area contributed by atoms with E-state index in [0.29, 0.717) is 41.8 Å². The maximum atomic E-state index is 13.3. The van der Waals surface area contributed by atoms with Crippen LogP contribution in [-0.2, 0) is 19.7 Å². The normalized spacial score (nSPS) is 16.0. The van der Waals surface area contributed by atoms with Crippen LogP contribution < -0.4 is 5.32 Å². The molecule has 1 aliphatic rings. The van der Waals surface area contributed by atoms with E-state index in [2.05, 4.69) is 10.3 Å². The van der Waals surface area contributed by atoms with Gasteiger partial charge in [0.15, 0.2) is 5.13 Å². The predicted octanol–water partition coefficient (Wildman–Crippen LogP) is 3.45. The van der Waals surface area contributed by atoms with Crippen LogP contribution in [0.25, 0.3) is 0 Å². The summed E-state index contributed by atoms with van der Waals surface area (Å²) >= 11 is 1.09. The number of thiazole rings is 1. The minimum Gasteiger partial charge on any atom is -0.462 e. The minimum absolute atomic E-state index is 0.235. The number of anilines is 1. The number of ether oxygens (including phenoxy) is 2. The van der Waals surface area contributed by atoms with Gasteiger partial charge < -0.3 is 14.8 Å². The molecular weight excluding hydrogens is 371 g/mol. The number of carbonyl (C=O) groups excluding carboxylic acids is 2. The quantitative estimate of drug-likeness (QED) is 0.789. The summed E-state index contributed by atoms with van der Waals surface area (Å²) in [5.41, 5.74) is 0.426. The lowest BCUT2D eigenvalue weighted by Gasteiger charge is -2.36. The van der Waals surface area contributed by atoms with E-state index in [-0.39, 0.29) is 18.3 Å². The molecule has 144 valence electrons. The van der Waals surface area contributed by atoms with Gasteiger partial charge in [-0.2, -0.15) is 0 Å². The number of hydrogen-bond acceptors (Lipinski definition) is 6. The number of aromatic nitrogens is 1. The molecule has 8 heteroatoms. The summed E-state index contributed by atoms with van der Waals surface area (Å²) in [5.74, 6) is -1.04. The lowest BCUT2D eigenvalue weighted by Crippen LogP contribution is -2.44. The van der Waals surface area contributed by atoms with Crippen molar-refractivity contribution in [1.82, 2.24) is 4.98 Å². The van der Waals surface area contributed by atoms with Crippen LogP contribution in [0.4, 0.5) is 9.52 Å². The fourth-order valence-corrected chi connectivity index (χ4v) is 4.04. The third-order valence-corrected chi connectivity index (χ3v) is 5.71. The largest absolute Gasteiger partial charge is 0.462 e. The second-order valence-electron chi connectivity index (χ2n) is 6.31. The number of aryl methyl sites for hydroxylation is 1. The highest BCUT2D eigenvalue weighted by Crippen LogP contribution is 2.37. The van der Waals surface area contributed by atoms with Gasteiger partial charge in [-0.3, -0.25) is 4.79 Å². The molecule has 1 N–H and O–H groups in total. The van der Waals surface area contributed by atoms with Gasteiger partial charge in [0.25, 0.3) is 0 Å². The lowest BCUT2D eigenvalue weighted by molar-refractivity contribution is -0.125. The van der Waals surface area contributed by atoms with Gasteiger partial charge in [-0.15, -0.1) is 0 Å². The molecule has 2 aromatic rings. The zero-order chi connectivity index (χ0) is 19.4. The van der Waals surface area contributed by atoms with Crippen LogP contribution in [0.1, 0.15) is 40.7 Å². The summed E-state index contributed by atoms with van der Waals surface area (Å²) < 4.78 is 23.8. The highest BCUT2D eigenvalue weighted by Gasteiger charge is 2.42. The topological polar surface area (TPSA) is 77.5 Å². The highest BCUT2D eigenvalue weighted by molar-refractivity contribution is 7.17. The zero-order valence-corrected chi connectivity index (χ0v) is 16.0. The molecule has 0 bridgehead atoms. The van der Waals surface area contributed by atoms with Crippen molar-refractivity contribution in [2.45, 2.75) is 32.1 Å². The van der Waals surface area contributed by atoms with Gasteiger partial charge in [0.2, 0.25) is 5.91 Å². The molecule has 1 aromatic carbocycles. The molecule has 27 heavy (non-hydrogen) atoms. The Labute approximate surface area is 160 Å². The van der Waals surface area contributed by atoms with Crippen LogP contribution in [0, 0.1) is 12.7 Å². The number of esters is 1. The van der Waals surface area contributed by atoms with E-state index in [4.69, 9.17) is 9.47 Å². The standard InChI is InChI=1S/C19H21FN2O4S/c1-3-26-16(23)15-12(2)21-18(27-15)22-17(24)19(8-10-25-11-9-19)13-4-6-14(20)7-5-13/h4-7H,3,8-11H2,1-2H3,(H,21,22,24). The van der Waals surface area contributed by atoms with Crippen molar-refractivity contribution >= 4 is 28.3 Å².